The van der Waals surface area contributed by atoms with E-state index in [1.54, 1.807) is 0 Å². The van der Waals surface area contributed by atoms with E-state index in [4.69, 9.17) is 0 Å². The topological polar surface area (TPSA) is 17.1 Å². The molecule has 1 atom stereocenters. The van der Waals surface area contributed by atoms with Gasteiger partial charge < -0.3 is 0 Å². The molecule has 102 valence electrons. The number of benzene rings is 2. The van der Waals surface area contributed by atoms with Crippen LogP contribution in [0.4, 0.5) is 0 Å². The lowest BCUT2D eigenvalue weighted by molar-refractivity contribution is 0.0991. The van der Waals surface area contributed by atoms with Crippen molar-refractivity contribution < 1.29 is 4.79 Å². The fourth-order valence-corrected chi connectivity index (χ4v) is 3.15. The van der Waals surface area contributed by atoms with Crippen LogP contribution in [0.3, 0.4) is 0 Å². The number of halogens is 1. The van der Waals surface area contributed by atoms with Crippen molar-refractivity contribution in [2.24, 2.45) is 0 Å². The van der Waals surface area contributed by atoms with Gasteiger partial charge in [-0.1, -0.05) is 76.9 Å². The molecule has 0 bridgehead atoms. The van der Waals surface area contributed by atoms with Crippen molar-refractivity contribution >= 4 is 21.7 Å². The molecule has 1 unspecified atom stereocenters. The summed E-state index contributed by atoms with van der Waals surface area (Å²) in [6.45, 7) is 0. The first kappa shape index (κ1) is 13.6. The SMILES string of the molecule is O=C(c1ccc(C2CCC2)cc1)C(Br)c1ccccc1. The van der Waals surface area contributed by atoms with E-state index in [9.17, 15) is 4.79 Å². The summed E-state index contributed by atoms with van der Waals surface area (Å²) in [7, 11) is 0. The van der Waals surface area contributed by atoms with Gasteiger partial charge in [0.25, 0.3) is 0 Å². The Kier molecular flexibility index (Phi) is 4.02. The molecule has 0 saturated heterocycles. The highest BCUT2D eigenvalue weighted by atomic mass is 79.9. The zero-order valence-electron chi connectivity index (χ0n) is 11.3. The zero-order valence-corrected chi connectivity index (χ0v) is 12.8. The molecule has 20 heavy (non-hydrogen) atoms. The molecule has 2 heteroatoms. The van der Waals surface area contributed by atoms with Crippen molar-refractivity contribution in [2.45, 2.75) is 30.0 Å². The van der Waals surface area contributed by atoms with Crippen LogP contribution in [0, 0.1) is 0 Å². The number of Topliss-reactive ketones (excluding diaryl/α,β-unsaturated/α-hetero) is 1. The average molecular weight is 329 g/mol. The molecule has 0 aromatic heterocycles. The Balaban J connectivity index is 1.76. The minimum atomic E-state index is -0.266. The fraction of sp³-hybridized carbons (Fsp3) is 0.278. The molecule has 1 saturated carbocycles. The predicted molar refractivity (Wildman–Crippen MR) is 85.5 cm³/mol. The van der Waals surface area contributed by atoms with E-state index < -0.39 is 0 Å². The third kappa shape index (κ3) is 2.71. The molecule has 1 aliphatic rings. The number of ketones is 1. The Morgan fingerprint density at radius 1 is 1.00 bits per heavy atom. The summed E-state index contributed by atoms with van der Waals surface area (Å²) in [5, 5.41) is 0. The van der Waals surface area contributed by atoms with Crippen LogP contribution in [0.5, 0.6) is 0 Å². The van der Waals surface area contributed by atoms with E-state index in [-0.39, 0.29) is 10.6 Å². The molecule has 1 nitrogen and oxygen atoms in total. The van der Waals surface area contributed by atoms with Gasteiger partial charge in [0.15, 0.2) is 5.78 Å². The first-order valence-corrected chi connectivity index (χ1v) is 8.00. The Morgan fingerprint density at radius 3 is 2.20 bits per heavy atom. The van der Waals surface area contributed by atoms with Gasteiger partial charge in [-0.15, -0.1) is 0 Å². The molecule has 0 N–H and O–H groups in total. The van der Waals surface area contributed by atoms with E-state index in [0.717, 1.165) is 11.1 Å². The number of carbonyl (C=O) groups is 1. The summed E-state index contributed by atoms with van der Waals surface area (Å²) in [5.41, 5.74) is 3.15. The van der Waals surface area contributed by atoms with Gasteiger partial charge in [-0.05, 0) is 29.9 Å². The Bertz CT molecular complexity index is 585. The number of alkyl halides is 1. The van der Waals surface area contributed by atoms with E-state index in [1.807, 2.05) is 42.5 Å². The predicted octanol–water partition coefficient (Wildman–Crippen LogP) is 5.27. The molecule has 2 aromatic carbocycles. The largest absolute Gasteiger partial charge is 0.293 e. The van der Waals surface area contributed by atoms with Crippen molar-refractivity contribution in [1.82, 2.24) is 0 Å². The highest BCUT2D eigenvalue weighted by Gasteiger charge is 2.21. The second-order valence-electron chi connectivity index (χ2n) is 5.39. The molecule has 0 spiro atoms. The molecule has 1 aliphatic carbocycles. The zero-order chi connectivity index (χ0) is 13.9. The highest BCUT2D eigenvalue weighted by molar-refractivity contribution is 9.09. The summed E-state index contributed by atoms with van der Waals surface area (Å²) < 4.78 is 0. The van der Waals surface area contributed by atoms with E-state index >= 15 is 0 Å². The van der Waals surface area contributed by atoms with Crippen LogP contribution in [0.25, 0.3) is 0 Å². The maximum absolute atomic E-state index is 12.5. The number of hydrogen-bond acceptors (Lipinski definition) is 1. The van der Waals surface area contributed by atoms with Gasteiger partial charge in [-0.25, -0.2) is 0 Å². The van der Waals surface area contributed by atoms with Crippen molar-refractivity contribution in [3.05, 3.63) is 71.3 Å². The summed E-state index contributed by atoms with van der Waals surface area (Å²) in [5.74, 6) is 0.837. The van der Waals surface area contributed by atoms with Gasteiger partial charge >= 0.3 is 0 Å². The quantitative estimate of drug-likeness (QED) is 0.551. The second kappa shape index (κ2) is 5.92. The van der Waals surface area contributed by atoms with Gasteiger partial charge in [-0.2, -0.15) is 0 Å². The van der Waals surface area contributed by atoms with Crippen LogP contribution < -0.4 is 0 Å². The highest BCUT2D eigenvalue weighted by Crippen LogP contribution is 2.36. The molecule has 0 heterocycles. The van der Waals surface area contributed by atoms with Crippen molar-refractivity contribution in [3.63, 3.8) is 0 Å². The third-order valence-electron chi connectivity index (χ3n) is 4.09. The van der Waals surface area contributed by atoms with Gasteiger partial charge in [0.1, 0.15) is 4.83 Å². The molecule has 3 rings (SSSR count). The molecular weight excluding hydrogens is 312 g/mol. The van der Waals surface area contributed by atoms with Crippen molar-refractivity contribution in [3.8, 4) is 0 Å². The van der Waals surface area contributed by atoms with E-state index in [2.05, 4.69) is 28.1 Å². The van der Waals surface area contributed by atoms with Crippen LogP contribution in [0.2, 0.25) is 0 Å². The normalized spacial score (nSPS) is 16.4. The summed E-state index contributed by atoms with van der Waals surface area (Å²) >= 11 is 3.51. The summed E-state index contributed by atoms with van der Waals surface area (Å²) in [6, 6.07) is 18.0. The van der Waals surface area contributed by atoms with Gasteiger partial charge in [0, 0.05) is 5.56 Å². The number of hydrogen-bond donors (Lipinski definition) is 0. The first-order valence-electron chi connectivity index (χ1n) is 7.09. The lowest BCUT2D eigenvalue weighted by Gasteiger charge is -2.25. The Hall–Kier alpha value is -1.41. The monoisotopic (exact) mass is 328 g/mol. The summed E-state index contributed by atoms with van der Waals surface area (Å²) in [4.78, 5) is 12.2. The van der Waals surface area contributed by atoms with Crippen LogP contribution in [-0.4, -0.2) is 5.78 Å². The lowest BCUT2D eigenvalue weighted by atomic mass is 9.80. The van der Waals surface area contributed by atoms with Crippen molar-refractivity contribution in [2.75, 3.05) is 0 Å². The molecule has 0 amide bonds. The molecule has 2 aromatic rings. The third-order valence-corrected chi connectivity index (χ3v) is 5.04. The Labute approximate surface area is 128 Å². The fourth-order valence-electron chi connectivity index (χ4n) is 2.58. The van der Waals surface area contributed by atoms with E-state index in [0.29, 0.717) is 5.92 Å². The van der Waals surface area contributed by atoms with Gasteiger partial charge in [-0.3, -0.25) is 4.79 Å². The van der Waals surface area contributed by atoms with E-state index in [1.165, 1.54) is 24.8 Å². The lowest BCUT2D eigenvalue weighted by Crippen LogP contribution is -2.10. The average Bonchev–Trinajstić information content (AvgIpc) is 2.46. The minimum Gasteiger partial charge on any atom is -0.293 e. The number of rotatable bonds is 4. The van der Waals surface area contributed by atoms with Crippen LogP contribution in [-0.2, 0) is 0 Å². The maximum Gasteiger partial charge on any atom is 0.180 e. The standard InChI is InChI=1S/C18H17BrO/c19-17(15-5-2-1-3-6-15)18(20)16-11-9-14(10-12-16)13-7-4-8-13/h1-3,5-6,9-13,17H,4,7-8H2. The van der Waals surface area contributed by atoms with Crippen LogP contribution >= 0.6 is 15.9 Å². The smallest absolute Gasteiger partial charge is 0.180 e. The molecule has 0 aliphatic heterocycles. The van der Waals surface area contributed by atoms with Gasteiger partial charge in [0.05, 0.1) is 0 Å². The summed E-state index contributed by atoms with van der Waals surface area (Å²) in [6.07, 6.45) is 3.92. The van der Waals surface area contributed by atoms with Gasteiger partial charge in [0.2, 0.25) is 0 Å². The number of carbonyl (C=O) groups excluding carboxylic acids is 1. The molecule has 1 fully saturated rings. The molecular formula is C18H17BrO. The minimum absolute atomic E-state index is 0.122. The van der Waals surface area contributed by atoms with Crippen LogP contribution in [0.1, 0.15) is 51.5 Å². The van der Waals surface area contributed by atoms with Crippen LogP contribution in [0.15, 0.2) is 54.6 Å². The maximum atomic E-state index is 12.5. The first-order chi connectivity index (χ1) is 9.75. The Morgan fingerprint density at radius 2 is 1.65 bits per heavy atom. The molecule has 0 radical (unpaired) electrons. The second-order valence-corrected chi connectivity index (χ2v) is 6.30. The van der Waals surface area contributed by atoms with Crippen molar-refractivity contribution in [1.29, 1.82) is 0 Å².